The van der Waals surface area contributed by atoms with Crippen molar-refractivity contribution in [1.82, 2.24) is 5.32 Å². The fourth-order valence-electron chi connectivity index (χ4n) is 2.00. The van der Waals surface area contributed by atoms with Crippen molar-refractivity contribution in [3.8, 4) is 0 Å². The van der Waals surface area contributed by atoms with Gasteiger partial charge in [-0.1, -0.05) is 33.6 Å². The number of hydrogen-bond acceptors (Lipinski definition) is 1. The van der Waals surface area contributed by atoms with Crippen molar-refractivity contribution in [1.29, 1.82) is 0 Å². The molecule has 1 aromatic carbocycles. The summed E-state index contributed by atoms with van der Waals surface area (Å²) < 4.78 is 1.14. The van der Waals surface area contributed by atoms with Crippen LogP contribution in [0, 0.1) is 0 Å². The lowest BCUT2D eigenvalue weighted by Crippen LogP contribution is -2.28. The second-order valence-electron chi connectivity index (χ2n) is 3.68. The first-order chi connectivity index (χ1) is 6.79. The molecule has 1 aromatic rings. The van der Waals surface area contributed by atoms with E-state index in [-0.39, 0.29) is 0 Å². The predicted octanol–water partition coefficient (Wildman–Crippen LogP) is 3.57. The van der Waals surface area contributed by atoms with Gasteiger partial charge in [0.15, 0.2) is 0 Å². The van der Waals surface area contributed by atoms with E-state index < -0.39 is 0 Å². The van der Waals surface area contributed by atoms with Crippen LogP contribution in [0.25, 0.3) is 0 Å². The van der Waals surface area contributed by atoms with E-state index in [2.05, 4.69) is 27.3 Å². The number of nitrogens with one attached hydrogen (secondary N) is 1. The van der Waals surface area contributed by atoms with E-state index >= 15 is 0 Å². The highest BCUT2D eigenvalue weighted by atomic mass is 79.9. The Labute approximate surface area is 98.0 Å². The normalized spacial score (nSPS) is 22.3. The summed E-state index contributed by atoms with van der Waals surface area (Å²) in [6.45, 7) is 2.18. The third-order valence-electron chi connectivity index (χ3n) is 2.70. The van der Waals surface area contributed by atoms with Crippen LogP contribution in [-0.4, -0.2) is 13.1 Å². The molecule has 3 heteroatoms. The van der Waals surface area contributed by atoms with Crippen molar-refractivity contribution >= 4 is 27.5 Å². The highest BCUT2D eigenvalue weighted by Gasteiger charge is 2.19. The largest absolute Gasteiger partial charge is 0.316 e. The van der Waals surface area contributed by atoms with Crippen LogP contribution in [0.5, 0.6) is 0 Å². The summed E-state index contributed by atoms with van der Waals surface area (Å²) in [5.74, 6) is 0.562. The minimum atomic E-state index is 0.562. The van der Waals surface area contributed by atoms with E-state index in [4.69, 9.17) is 11.6 Å². The smallest absolute Gasteiger partial charge is 0.0452 e. The molecule has 1 N–H and O–H groups in total. The first-order valence-corrected chi connectivity index (χ1v) is 6.11. The molecule has 0 aromatic heterocycles. The van der Waals surface area contributed by atoms with Gasteiger partial charge in [-0.3, -0.25) is 0 Å². The summed E-state index contributed by atoms with van der Waals surface area (Å²) in [6.07, 6.45) is 2.47. The maximum absolute atomic E-state index is 6.21. The Morgan fingerprint density at radius 2 is 2.29 bits per heavy atom. The third kappa shape index (κ3) is 2.13. The molecule has 0 spiro atoms. The predicted molar refractivity (Wildman–Crippen MR) is 64.0 cm³/mol. The van der Waals surface area contributed by atoms with Gasteiger partial charge in [-0.05, 0) is 43.0 Å². The molecule has 76 valence electrons. The maximum Gasteiger partial charge on any atom is 0.0452 e. The van der Waals surface area contributed by atoms with Crippen LogP contribution < -0.4 is 5.32 Å². The quantitative estimate of drug-likeness (QED) is 0.825. The SMILES string of the molecule is Clc1cccc(Br)c1[C@@H]1CCCNC1. The molecule has 0 radical (unpaired) electrons. The fraction of sp³-hybridized carbons (Fsp3) is 0.455. The van der Waals surface area contributed by atoms with E-state index in [0.717, 1.165) is 22.6 Å². The molecule has 0 saturated carbocycles. The summed E-state index contributed by atoms with van der Waals surface area (Å²) in [4.78, 5) is 0. The minimum absolute atomic E-state index is 0.562. The lowest BCUT2D eigenvalue weighted by Gasteiger charge is -2.24. The zero-order chi connectivity index (χ0) is 9.97. The van der Waals surface area contributed by atoms with Crippen LogP contribution in [0.2, 0.25) is 5.02 Å². The van der Waals surface area contributed by atoms with E-state index in [9.17, 15) is 0 Å². The van der Waals surface area contributed by atoms with Gasteiger partial charge in [0.05, 0.1) is 0 Å². The monoisotopic (exact) mass is 273 g/mol. The Kier molecular flexibility index (Phi) is 3.47. The highest BCUT2D eigenvalue weighted by Crippen LogP contribution is 2.34. The molecular formula is C11H13BrClN. The second-order valence-corrected chi connectivity index (χ2v) is 4.94. The topological polar surface area (TPSA) is 12.0 Å². The molecule has 1 atom stereocenters. The number of rotatable bonds is 1. The molecule has 0 aliphatic carbocycles. The van der Waals surface area contributed by atoms with Crippen LogP contribution in [0.15, 0.2) is 22.7 Å². The van der Waals surface area contributed by atoms with Crippen molar-refractivity contribution in [3.63, 3.8) is 0 Å². The van der Waals surface area contributed by atoms with Gasteiger partial charge in [-0.15, -0.1) is 0 Å². The molecule has 1 aliphatic rings. The Morgan fingerprint density at radius 3 is 2.93 bits per heavy atom. The van der Waals surface area contributed by atoms with Crippen molar-refractivity contribution in [2.75, 3.05) is 13.1 Å². The first-order valence-electron chi connectivity index (χ1n) is 4.93. The first kappa shape index (κ1) is 10.5. The van der Waals surface area contributed by atoms with E-state index in [0.29, 0.717) is 5.92 Å². The third-order valence-corrected chi connectivity index (χ3v) is 3.73. The van der Waals surface area contributed by atoms with E-state index in [1.807, 2.05) is 12.1 Å². The average Bonchev–Trinajstić information content (AvgIpc) is 2.19. The molecule has 1 saturated heterocycles. The van der Waals surface area contributed by atoms with Crippen molar-refractivity contribution in [2.24, 2.45) is 0 Å². The van der Waals surface area contributed by atoms with Crippen molar-refractivity contribution in [3.05, 3.63) is 33.3 Å². The van der Waals surface area contributed by atoms with Crippen LogP contribution in [0.4, 0.5) is 0 Å². The Morgan fingerprint density at radius 1 is 1.43 bits per heavy atom. The lowest BCUT2D eigenvalue weighted by atomic mass is 9.92. The van der Waals surface area contributed by atoms with Crippen LogP contribution in [-0.2, 0) is 0 Å². The summed E-state index contributed by atoms with van der Waals surface area (Å²) >= 11 is 9.78. The molecule has 1 fully saturated rings. The molecule has 1 heterocycles. The Hall–Kier alpha value is -0.0500. The van der Waals surface area contributed by atoms with Gasteiger partial charge < -0.3 is 5.32 Å². The number of piperidine rings is 1. The number of benzene rings is 1. The Bertz CT molecular complexity index is 301. The molecule has 1 aliphatic heterocycles. The number of halogens is 2. The van der Waals surface area contributed by atoms with E-state index in [1.54, 1.807) is 0 Å². The van der Waals surface area contributed by atoms with Crippen LogP contribution >= 0.6 is 27.5 Å². The lowest BCUT2D eigenvalue weighted by molar-refractivity contribution is 0.461. The molecule has 0 amide bonds. The maximum atomic E-state index is 6.21. The Balaban J connectivity index is 2.29. The van der Waals surface area contributed by atoms with Crippen LogP contribution in [0.3, 0.4) is 0 Å². The van der Waals surface area contributed by atoms with Gasteiger partial charge >= 0.3 is 0 Å². The average molecular weight is 275 g/mol. The van der Waals surface area contributed by atoms with Gasteiger partial charge in [0, 0.05) is 16.0 Å². The molecule has 0 bridgehead atoms. The van der Waals surface area contributed by atoms with Gasteiger partial charge in [-0.2, -0.15) is 0 Å². The zero-order valence-electron chi connectivity index (χ0n) is 7.89. The summed E-state index contributed by atoms with van der Waals surface area (Å²) in [6, 6.07) is 6.01. The molecule has 1 nitrogen and oxygen atoms in total. The van der Waals surface area contributed by atoms with Crippen LogP contribution in [0.1, 0.15) is 24.3 Å². The minimum Gasteiger partial charge on any atom is -0.316 e. The zero-order valence-corrected chi connectivity index (χ0v) is 10.2. The van der Waals surface area contributed by atoms with Gasteiger partial charge in [0.1, 0.15) is 0 Å². The molecule has 2 rings (SSSR count). The molecule has 14 heavy (non-hydrogen) atoms. The summed E-state index contributed by atoms with van der Waals surface area (Å²) in [5, 5.41) is 4.29. The van der Waals surface area contributed by atoms with Crippen molar-refractivity contribution < 1.29 is 0 Å². The standard InChI is InChI=1S/C11H13BrClN/c12-9-4-1-5-10(13)11(9)8-3-2-6-14-7-8/h1,4-5,8,14H,2-3,6-7H2/t8-/m1/s1. The fourth-order valence-corrected chi connectivity index (χ4v) is 3.13. The van der Waals surface area contributed by atoms with Crippen molar-refractivity contribution in [2.45, 2.75) is 18.8 Å². The second kappa shape index (κ2) is 4.65. The molecule has 0 unspecified atom stereocenters. The molecular weight excluding hydrogens is 261 g/mol. The highest BCUT2D eigenvalue weighted by molar-refractivity contribution is 9.10. The van der Waals surface area contributed by atoms with Gasteiger partial charge in [-0.25, -0.2) is 0 Å². The summed E-state index contributed by atoms with van der Waals surface area (Å²) in [7, 11) is 0. The summed E-state index contributed by atoms with van der Waals surface area (Å²) in [5.41, 5.74) is 1.27. The van der Waals surface area contributed by atoms with Gasteiger partial charge in [0.25, 0.3) is 0 Å². The van der Waals surface area contributed by atoms with E-state index in [1.165, 1.54) is 18.4 Å². The number of hydrogen-bond donors (Lipinski definition) is 1. The van der Waals surface area contributed by atoms with Gasteiger partial charge in [0.2, 0.25) is 0 Å².